The molecule has 0 spiro atoms. The molecule has 0 N–H and O–H groups in total. The van der Waals surface area contributed by atoms with Gasteiger partial charge in [-0.1, -0.05) is 42.5 Å². The Kier molecular flexibility index (Phi) is 3.03. The molecule has 25 heavy (non-hydrogen) atoms. The molecule has 0 radical (unpaired) electrons. The van der Waals surface area contributed by atoms with Crippen LogP contribution in [-0.2, 0) is 0 Å². The van der Waals surface area contributed by atoms with Crippen LogP contribution in [0.25, 0.3) is 22.2 Å². The summed E-state index contributed by atoms with van der Waals surface area (Å²) in [6.07, 6.45) is 0. The first kappa shape index (κ1) is 13.8. The van der Waals surface area contributed by atoms with E-state index >= 15 is 0 Å². The largest absolute Gasteiger partial charge is 0.423 e. The maximum Gasteiger partial charge on any atom is 0.311 e. The van der Waals surface area contributed by atoms with Gasteiger partial charge in [0.15, 0.2) is 11.2 Å². The van der Waals surface area contributed by atoms with Crippen molar-refractivity contribution in [1.29, 1.82) is 0 Å². The molecular formula is C20H13N3O2. The maximum atomic E-state index is 5.95. The Morgan fingerprint density at radius 2 is 1.04 bits per heavy atom. The highest BCUT2D eigenvalue weighted by atomic mass is 16.4. The van der Waals surface area contributed by atoms with E-state index in [0.29, 0.717) is 12.0 Å². The van der Waals surface area contributed by atoms with Crippen molar-refractivity contribution in [2.24, 2.45) is 0 Å². The van der Waals surface area contributed by atoms with Gasteiger partial charge in [0.05, 0.1) is 5.69 Å². The Hall–Kier alpha value is -3.60. The molecule has 0 aliphatic carbocycles. The fourth-order valence-corrected chi connectivity index (χ4v) is 2.79. The Balaban J connectivity index is 1.73. The molecule has 0 atom stereocenters. The van der Waals surface area contributed by atoms with E-state index in [1.54, 1.807) is 4.90 Å². The molecule has 2 aromatic heterocycles. The zero-order chi connectivity index (χ0) is 16.6. The van der Waals surface area contributed by atoms with Gasteiger partial charge in [-0.15, -0.1) is 0 Å². The molecule has 0 saturated heterocycles. The number of hydrogen-bond donors (Lipinski definition) is 0. The van der Waals surface area contributed by atoms with E-state index in [2.05, 4.69) is 9.97 Å². The molecular weight excluding hydrogens is 314 g/mol. The van der Waals surface area contributed by atoms with Crippen molar-refractivity contribution in [1.82, 2.24) is 9.97 Å². The van der Waals surface area contributed by atoms with Crippen molar-refractivity contribution in [3.05, 3.63) is 78.9 Å². The van der Waals surface area contributed by atoms with Crippen molar-refractivity contribution in [2.45, 2.75) is 0 Å². The van der Waals surface area contributed by atoms with E-state index < -0.39 is 0 Å². The van der Waals surface area contributed by atoms with Crippen LogP contribution >= 0.6 is 0 Å². The van der Waals surface area contributed by atoms with Crippen LogP contribution in [0.4, 0.5) is 17.7 Å². The number of fused-ring (bicyclic) bond motifs is 2. The molecule has 0 fully saturated rings. The number of hydrogen-bond acceptors (Lipinski definition) is 5. The van der Waals surface area contributed by atoms with E-state index in [-0.39, 0.29) is 0 Å². The van der Waals surface area contributed by atoms with Crippen molar-refractivity contribution in [2.75, 3.05) is 4.90 Å². The predicted molar refractivity (Wildman–Crippen MR) is 96.3 cm³/mol. The van der Waals surface area contributed by atoms with Crippen LogP contribution in [0, 0.1) is 0 Å². The fraction of sp³-hybridized carbons (Fsp3) is 0. The summed E-state index contributed by atoms with van der Waals surface area (Å²) in [5, 5.41) is 0. The van der Waals surface area contributed by atoms with Gasteiger partial charge in [0.1, 0.15) is 11.0 Å². The summed E-state index contributed by atoms with van der Waals surface area (Å²) in [5.41, 5.74) is 3.87. The minimum absolute atomic E-state index is 0.416. The third-order valence-electron chi connectivity index (χ3n) is 3.96. The highest BCUT2D eigenvalue weighted by Gasteiger charge is 2.23. The van der Waals surface area contributed by atoms with E-state index in [4.69, 9.17) is 8.83 Å². The van der Waals surface area contributed by atoms with Crippen molar-refractivity contribution in [3.8, 4) is 0 Å². The molecule has 0 unspecified atom stereocenters. The van der Waals surface area contributed by atoms with Gasteiger partial charge >= 0.3 is 12.0 Å². The van der Waals surface area contributed by atoms with Crippen LogP contribution < -0.4 is 4.90 Å². The molecule has 5 nitrogen and oxygen atoms in total. The fourth-order valence-electron chi connectivity index (χ4n) is 2.79. The first-order valence-electron chi connectivity index (χ1n) is 7.95. The van der Waals surface area contributed by atoms with Crippen molar-refractivity contribution in [3.63, 3.8) is 0 Å². The number of benzene rings is 3. The molecule has 3 aromatic carbocycles. The smallest absolute Gasteiger partial charge is 0.311 e. The van der Waals surface area contributed by atoms with Crippen LogP contribution in [0.3, 0.4) is 0 Å². The number of para-hydroxylation sites is 5. The lowest BCUT2D eigenvalue weighted by atomic mass is 10.3. The molecule has 0 aliphatic rings. The average molecular weight is 327 g/mol. The molecule has 2 heterocycles. The van der Waals surface area contributed by atoms with Gasteiger partial charge < -0.3 is 8.83 Å². The van der Waals surface area contributed by atoms with Gasteiger partial charge in [-0.3, -0.25) is 0 Å². The van der Waals surface area contributed by atoms with Gasteiger partial charge in [-0.2, -0.15) is 9.97 Å². The molecule has 0 aliphatic heterocycles. The average Bonchev–Trinajstić information content (AvgIpc) is 3.26. The van der Waals surface area contributed by atoms with E-state index in [1.165, 1.54) is 0 Å². The van der Waals surface area contributed by atoms with E-state index in [0.717, 1.165) is 27.9 Å². The minimum Gasteiger partial charge on any atom is -0.423 e. The summed E-state index contributed by atoms with van der Waals surface area (Å²) in [4.78, 5) is 11.0. The zero-order valence-corrected chi connectivity index (χ0v) is 13.2. The van der Waals surface area contributed by atoms with E-state index in [9.17, 15) is 0 Å². The van der Waals surface area contributed by atoms with Crippen molar-refractivity contribution >= 4 is 39.9 Å². The number of rotatable bonds is 3. The van der Waals surface area contributed by atoms with Crippen LogP contribution in [0.15, 0.2) is 87.7 Å². The van der Waals surface area contributed by atoms with Crippen molar-refractivity contribution < 1.29 is 8.83 Å². The minimum atomic E-state index is 0.416. The molecule has 120 valence electrons. The normalized spacial score (nSPS) is 11.2. The second kappa shape index (κ2) is 5.49. The summed E-state index contributed by atoms with van der Waals surface area (Å²) < 4.78 is 11.9. The van der Waals surface area contributed by atoms with Crippen LogP contribution in [0.1, 0.15) is 0 Å². The van der Waals surface area contributed by atoms with Gasteiger partial charge in [0.2, 0.25) is 0 Å². The van der Waals surface area contributed by atoms with Crippen LogP contribution in [0.5, 0.6) is 0 Å². The Morgan fingerprint density at radius 3 is 1.56 bits per heavy atom. The molecule has 5 heteroatoms. The summed E-state index contributed by atoms with van der Waals surface area (Å²) in [7, 11) is 0. The third-order valence-corrected chi connectivity index (χ3v) is 3.96. The first-order chi connectivity index (χ1) is 12.4. The summed E-state index contributed by atoms with van der Waals surface area (Å²) in [6, 6.07) is 25.9. The highest BCUT2D eigenvalue weighted by molar-refractivity contribution is 5.80. The molecule has 0 bridgehead atoms. The van der Waals surface area contributed by atoms with Gasteiger partial charge in [-0.05, 0) is 36.4 Å². The molecule has 5 rings (SSSR count). The first-order valence-corrected chi connectivity index (χ1v) is 7.95. The summed E-state index contributed by atoms with van der Waals surface area (Å²) in [5.74, 6) is 0. The topological polar surface area (TPSA) is 55.3 Å². The second-order valence-electron chi connectivity index (χ2n) is 5.60. The number of aromatic nitrogens is 2. The summed E-state index contributed by atoms with van der Waals surface area (Å²) >= 11 is 0. The quantitative estimate of drug-likeness (QED) is 0.442. The zero-order valence-electron chi connectivity index (χ0n) is 13.2. The third kappa shape index (κ3) is 2.33. The van der Waals surface area contributed by atoms with E-state index in [1.807, 2.05) is 78.9 Å². The lowest BCUT2D eigenvalue weighted by Gasteiger charge is -2.15. The second-order valence-corrected chi connectivity index (χ2v) is 5.60. The Labute approximate surface area is 143 Å². The number of nitrogens with zero attached hydrogens (tertiary/aromatic N) is 3. The molecule has 5 aromatic rings. The molecule has 0 saturated carbocycles. The van der Waals surface area contributed by atoms with Crippen LogP contribution in [-0.4, -0.2) is 9.97 Å². The van der Waals surface area contributed by atoms with Crippen LogP contribution in [0.2, 0.25) is 0 Å². The highest BCUT2D eigenvalue weighted by Crippen LogP contribution is 2.36. The molecule has 0 amide bonds. The number of oxazole rings is 2. The number of anilines is 3. The predicted octanol–water partition coefficient (Wildman–Crippen LogP) is 5.44. The van der Waals surface area contributed by atoms with Gasteiger partial charge in [0, 0.05) is 0 Å². The van der Waals surface area contributed by atoms with Gasteiger partial charge in [0.25, 0.3) is 0 Å². The SMILES string of the molecule is c1ccc(N(c2nc3ccccc3o2)c2nc3ccccc3o2)cc1. The Morgan fingerprint density at radius 1 is 0.560 bits per heavy atom. The lowest BCUT2D eigenvalue weighted by molar-refractivity contribution is 0.566. The monoisotopic (exact) mass is 327 g/mol. The summed E-state index contributed by atoms with van der Waals surface area (Å²) in [6.45, 7) is 0. The Bertz CT molecular complexity index is 1020. The maximum absolute atomic E-state index is 5.95. The standard InChI is InChI=1S/C20H13N3O2/c1-2-8-14(9-3-1)23(19-21-15-10-4-6-12-17(15)24-19)20-22-16-11-5-7-13-18(16)25-20/h1-13H. The lowest BCUT2D eigenvalue weighted by Crippen LogP contribution is -2.10. The van der Waals surface area contributed by atoms with Gasteiger partial charge in [-0.25, -0.2) is 4.90 Å².